The zero-order valence-electron chi connectivity index (χ0n) is 8.94. The first kappa shape index (κ1) is 10.5. The van der Waals surface area contributed by atoms with Crippen molar-refractivity contribution in [1.82, 2.24) is 0 Å². The lowest BCUT2D eigenvalue weighted by Crippen LogP contribution is -2.03. The smallest absolute Gasteiger partial charge is 0.124 e. The molecule has 0 N–H and O–H groups in total. The Balaban J connectivity index is 1.86. The molecule has 0 bridgehead atoms. The summed E-state index contributed by atoms with van der Waals surface area (Å²) in [6.07, 6.45) is 0.323. The van der Waals surface area contributed by atoms with Gasteiger partial charge in [-0.3, -0.25) is 0 Å². The van der Waals surface area contributed by atoms with Crippen molar-refractivity contribution in [3.8, 4) is 5.75 Å². The van der Waals surface area contributed by atoms with Crippen LogP contribution in [0.3, 0.4) is 0 Å². The zero-order chi connectivity index (χ0) is 10.5. The summed E-state index contributed by atoms with van der Waals surface area (Å²) in [6, 6.07) is 7.96. The number of epoxide rings is 1. The standard InChI is InChI=1S/C12H16O3/c1-2-14-12-6-4-3-5-10(12)7-13-8-11-9-15-11/h3-6,11H,2,7-9H2,1H3. The molecule has 1 aliphatic rings. The van der Waals surface area contributed by atoms with Gasteiger partial charge in [-0.05, 0) is 13.0 Å². The van der Waals surface area contributed by atoms with Crippen molar-refractivity contribution in [1.29, 1.82) is 0 Å². The summed E-state index contributed by atoms with van der Waals surface area (Å²) in [7, 11) is 0. The van der Waals surface area contributed by atoms with Crippen molar-refractivity contribution in [2.75, 3.05) is 19.8 Å². The average molecular weight is 208 g/mol. The van der Waals surface area contributed by atoms with Gasteiger partial charge in [-0.2, -0.15) is 0 Å². The summed E-state index contributed by atoms with van der Waals surface area (Å²) in [5, 5.41) is 0. The molecule has 1 unspecified atom stereocenters. The maximum absolute atomic E-state index is 5.53. The Labute approximate surface area is 90.0 Å². The Morgan fingerprint density at radius 3 is 2.93 bits per heavy atom. The van der Waals surface area contributed by atoms with Crippen molar-refractivity contribution in [3.05, 3.63) is 29.8 Å². The Morgan fingerprint density at radius 2 is 2.20 bits per heavy atom. The number of para-hydroxylation sites is 1. The predicted octanol–water partition coefficient (Wildman–Crippen LogP) is 2.00. The SMILES string of the molecule is CCOc1ccccc1COCC1CO1. The van der Waals surface area contributed by atoms with E-state index in [2.05, 4.69) is 0 Å². The lowest BCUT2D eigenvalue weighted by molar-refractivity contribution is 0.102. The molecule has 3 heteroatoms. The lowest BCUT2D eigenvalue weighted by Gasteiger charge is -2.09. The van der Waals surface area contributed by atoms with Gasteiger partial charge in [0.2, 0.25) is 0 Å². The second-order valence-corrected chi connectivity index (χ2v) is 3.51. The molecule has 0 aliphatic carbocycles. The number of hydrogen-bond acceptors (Lipinski definition) is 3. The fourth-order valence-electron chi connectivity index (χ4n) is 1.38. The number of rotatable bonds is 6. The molecule has 0 saturated carbocycles. The Kier molecular flexibility index (Phi) is 3.59. The molecule has 0 spiro atoms. The summed E-state index contributed by atoms with van der Waals surface area (Å²) < 4.78 is 16.1. The van der Waals surface area contributed by atoms with Crippen molar-refractivity contribution >= 4 is 0 Å². The van der Waals surface area contributed by atoms with E-state index in [4.69, 9.17) is 14.2 Å². The summed E-state index contributed by atoms with van der Waals surface area (Å²) in [4.78, 5) is 0. The highest BCUT2D eigenvalue weighted by Gasteiger charge is 2.22. The quantitative estimate of drug-likeness (QED) is 0.670. The maximum atomic E-state index is 5.53. The maximum Gasteiger partial charge on any atom is 0.124 e. The third-order valence-electron chi connectivity index (χ3n) is 2.24. The first-order chi connectivity index (χ1) is 7.40. The molecule has 1 atom stereocenters. The second-order valence-electron chi connectivity index (χ2n) is 3.51. The molecule has 1 fully saturated rings. The topological polar surface area (TPSA) is 31.0 Å². The highest BCUT2D eigenvalue weighted by Crippen LogP contribution is 2.19. The lowest BCUT2D eigenvalue weighted by atomic mass is 10.2. The van der Waals surface area contributed by atoms with Crippen LogP contribution in [0.4, 0.5) is 0 Å². The highest BCUT2D eigenvalue weighted by molar-refractivity contribution is 5.32. The van der Waals surface area contributed by atoms with E-state index in [1.807, 2.05) is 31.2 Å². The minimum absolute atomic E-state index is 0.323. The molecule has 0 amide bonds. The van der Waals surface area contributed by atoms with Gasteiger partial charge in [0.25, 0.3) is 0 Å². The van der Waals surface area contributed by atoms with Crippen molar-refractivity contribution in [2.45, 2.75) is 19.6 Å². The van der Waals surface area contributed by atoms with Gasteiger partial charge in [-0.25, -0.2) is 0 Å². The van der Waals surface area contributed by atoms with E-state index >= 15 is 0 Å². The van der Waals surface area contributed by atoms with Crippen LogP contribution in [0.5, 0.6) is 5.75 Å². The van der Waals surface area contributed by atoms with Crippen molar-refractivity contribution < 1.29 is 14.2 Å². The van der Waals surface area contributed by atoms with Crippen molar-refractivity contribution in [3.63, 3.8) is 0 Å². The molecule has 1 aromatic rings. The minimum Gasteiger partial charge on any atom is -0.494 e. The second kappa shape index (κ2) is 5.14. The fourth-order valence-corrected chi connectivity index (χ4v) is 1.38. The van der Waals surface area contributed by atoms with Gasteiger partial charge < -0.3 is 14.2 Å². The molecule has 1 heterocycles. The molecule has 3 nitrogen and oxygen atoms in total. The first-order valence-corrected chi connectivity index (χ1v) is 5.30. The molecule has 1 aliphatic heterocycles. The van der Waals surface area contributed by atoms with Gasteiger partial charge in [0, 0.05) is 5.56 Å². The van der Waals surface area contributed by atoms with Gasteiger partial charge in [-0.1, -0.05) is 18.2 Å². The molecular formula is C12H16O3. The van der Waals surface area contributed by atoms with E-state index in [0.29, 0.717) is 25.9 Å². The molecule has 15 heavy (non-hydrogen) atoms. The zero-order valence-corrected chi connectivity index (χ0v) is 8.94. The molecule has 82 valence electrons. The third-order valence-corrected chi connectivity index (χ3v) is 2.24. The molecule has 1 aromatic carbocycles. The number of ether oxygens (including phenoxy) is 3. The van der Waals surface area contributed by atoms with Crippen LogP contribution in [0, 0.1) is 0 Å². The fraction of sp³-hybridized carbons (Fsp3) is 0.500. The molecule has 0 radical (unpaired) electrons. The largest absolute Gasteiger partial charge is 0.494 e. The van der Waals surface area contributed by atoms with Gasteiger partial charge in [-0.15, -0.1) is 0 Å². The van der Waals surface area contributed by atoms with Crippen LogP contribution < -0.4 is 4.74 Å². The Hall–Kier alpha value is -1.06. The van der Waals surface area contributed by atoms with Crippen LogP contribution in [0.15, 0.2) is 24.3 Å². The molecular weight excluding hydrogens is 192 g/mol. The normalized spacial score (nSPS) is 18.9. The third kappa shape index (κ3) is 3.22. The molecule has 2 rings (SSSR count). The average Bonchev–Trinajstić information content (AvgIpc) is 3.05. The Morgan fingerprint density at radius 1 is 1.40 bits per heavy atom. The van der Waals surface area contributed by atoms with Gasteiger partial charge in [0.15, 0.2) is 0 Å². The number of hydrogen-bond donors (Lipinski definition) is 0. The summed E-state index contributed by atoms with van der Waals surface area (Å²) in [5.41, 5.74) is 1.10. The van der Waals surface area contributed by atoms with E-state index in [9.17, 15) is 0 Å². The van der Waals surface area contributed by atoms with Crippen LogP contribution >= 0.6 is 0 Å². The van der Waals surface area contributed by atoms with Crippen LogP contribution in [-0.4, -0.2) is 25.9 Å². The summed E-state index contributed by atoms with van der Waals surface area (Å²) in [5.74, 6) is 0.914. The van der Waals surface area contributed by atoms with Crippen LogP contribution in [0.1, 0.15) is 12.5 Å². The van der Waals surface area contributed by atoms with Crippen LogP contribution in [-0.2, 0) is 16.1 Å². The van der Waals surface area contributed by atoms with E-state index < -0.39 is 0 Å². The monoisotopic (exact) mass is 208 g/mol. The van der Waals surface area contributed by atoms with E-state index in [1.165, 1.54) is 0 Å². The Bertz CT molecular complexity index is 307. The van der Waals surface area contributed by atoms with E-state index in [-0.39, 0.29) is 0 Å². The molecule has 0 aromatic heterocycles. The first-order valence-electron chi connectivity index (χ1n) is 5.30. The summed E-state index contributed by atoms with van der Waals surface area (Å²) in [6.45, 7) is 4.78. The van der Waals surface area contributed by atoms with Gasteiger partial charge >= 0.3 is 0 Å². The highest BCUT2D eigenvalue weighted by atomic mass is 16.6. The van der Waals surface area contributed by atoms with Crippen LogP contribution in [0.2, 0.25) is 0 Å². The van der Waals surface area contributed by atoms with E-state index in [1.54, 1.807) is 0 Å². The van der Waals surface area contributed by atoms with Gasteiger partial charge in [0.05, 0.1) is 26.4 Å². The summed E-state index contributed by atoms with van der Waals surface area (Å²) >= 11 is 0. The van der Waals surface area contributed by atoms with E-state index in [0.717, 1.165) is 17.9 Å². The van der Waals surface area contributed by atoms with Crippen LogP contribution in [0.25, 0.3) is 0 Å². The molecule has 1 saturated heterocycles. The van der Waals surface area contributed by atoms with Gasteiger partial charge in [0.1, 0.15) is 11.9 Å². The predicted molar refractivity (Wildman–Crippen MR) is 57.0 cm³/mol. The number of benzene rings is 1. The minimum atomic E-state index is 0.323. The van der Waals surface area contributed by atoms with Crippen molar-refractivity contribution in [2.24, 2.45) is 0 Å².